The molecule has 1 unspecified atom stereocenters. The Hall–Kier alpha value is -0.860. The van der Waals surface area contributed by atoms with Crippen molar-refractivity contribution in [3.05, 3.63) is 34.4 Å². The lowest BCUT2D eigenvalue weighted by Gasteiger charge is -2.13. The van der Waals surface area contributed by atoms with Crippen molar-refractivity contribution in [2.45, 2.75) is 34.2 Å². The van der Waals surface area contributed by atoms with Crippen LogP contribution in [0.15, 0.2) is 12.1 Å². The second-order valence-corrected chi connectivity index (χ2v) is 4.78. The van der Waals surface area contributed by atoms with Crippen LogP contribution >= 0.6 is 0 Å². The summed E-state index contributed by atoms with van der Waals surface area (Å²) < 4.78 is 0. The number of rotatable bonds is 5. The lowest BCUT2D eigenvalue weighted by atomic mass is 10.0. The fourth-order valence-electron chi connectivity index (χ4n) is 1.73. The monoisotopic (exact) mass is 221 g/mol. The molecule has 90 valence electrons. The molecule has 2 nitrogen and oxygen atoms in total. The number of nitrogens with one attached hydrogen (secondary N) is 1. The Morgan fingerprint density at radius 2 is 1.75 bits per heavy atom. The van der Waals surface area contributed by atoms with E-state index in [0.29, 0.717) is 5.92 Å². The largest absolute Gasteiger partial charge is 0.396 e. The van der Waals surface area contributed by atoms with Gasteiger partial charge in [0.05, 0.1) is 0 Å². The molecule has 0 saturated carbocycles. The number of hydrogen-bond acceptors (Lipinski definition) is 2. The van der Waals surface area contributed by atoms with Gasteiger partial charge in [0.1, 0.15) is 0 Å². The molecule has 0 radical (unpaired) electrons. The highest BCUT2D eigenvalue weighted by Gasteiger charge is 2.03. The maximum absolute atomic E-state index is 8.93. The first-order chi connectivity index (χ1) is 7.54. The van der Waals surface area contributed by atoms with Crippen LogP contribution in [-0.2, 0) is 6.54 Å². The molecule has 2 N–H and O–H groups in total. The average molecular weight is 221 g/mol. The predicted molar refractivity (Wildman–Crippen MR) is 68.6 cm³/mol. The molecular weight excluding hydrogens is 198 g/mol. The quantitative estimate of drug-likeness (QED) is 0.800. The zero-order chi connectivity index (χ0) is 12.1. The van der Waals surface area contributed by atoms with Gasteiger partial charge in [0, 0.05) is 19.7 Å². The van der Waals surface area contributed by atoms with Crippen molar-refractivity contribution in [2.75, 3.05) is 13.2 Å². The minimum absolute atomic E-state index is 0.249. The molecule has 0 fully saturated rings. The summed E-state index contributed by atoms with van der Waals surface area (Å²) in [6.45, 7) is 10.5. The molecule has 16 heavy (non-hydrogen) atoms. The highest BCUT2D eigenvalue weighted by atomic mass is 16.3. The summed E-state index contributed by atoms with van der Waals surface area (Å²) in [6, 6.07) is 4.49. The first-order valence-electron chi connectivity index (χ1n) is 5.93. The molecule has 0 spiro atoms. The van der Waals surface area contributed by atoms with Crippen LogP contribution in [0.5, 0.6) is 0 Å². The zero-order valence-electron chi connectivity index (χ0n) is 10.8. The summed E-state index contributed by atoms with van der Waals surface area (Å²) in [6.07, 6.45) is 0. The molecule has 2 heteroatoms. The zero-order valence-corrected chi connectivity index (χ0v) is 10.8. The molecule has 1 atom stereocenters. The number of aliphatic hydroxyl groups is 1. The Balaban J connectivity index is 2.57. The van der Waals surface area contributed by atoms with E-state index < -0.39 is 0 Å². The van der Waals surface area contributed by atoms with Gasteiger partial charge in [-0.2, -0.15) is 0 Å². The van der Waals surface area contributed by atoms with Crippen molar-refractivity contribution in [1.82, 2.24) is 5.32 Å². The van der Waals surface area contributed by atoms with E-state index in [0.717, 1.165) is 13.1 Å². The van der Waals surface area contributed by atoms with Crippen LogP contribution in [0.4, 0.5) is 0 Å². The van der Waals surface area contributed by atoms with Crippen molar-refractivity contribution in [3.8, 4) is 0 Å². The number of benzene rings is 1. The van der Waals surface area contributed by atoms with Crippen molar-refractivity contribution < 1.29 is 5.11 Å². The van der Waals surface area contributed by atoms with Crippen molar-refractivity contribution in [2.24, 2.45) is 5.92 Å². The fraction of sp³-hybridized carbons (Fsp3) is 0.571. The van der Waals surface area contributed by atoms with E-state index in [-0.39, 0.29) is 6.61 Å². The molecule has 0 aliphatic carbocycles. The number of hydrogen-bond donors (Lipinski definition) is 2. The van der Waals surface area contributed by atoms with Gasteiger partial charge < -0.3 is 10.4 Å². The van der Waals surface area contributed by atoms with Crippen LogP contribution in [-0.4, -0.2) is 18.3 Å². The Morgan fingerprint density at radius 1 is 1.12 bits per heavy atom. The first kappa shape index (κ1) is 13.2. The van der Waals surface area contributed by atoms with Gasteiger partial charge in [0.25, 0.3) is 0 Å². The van der Waals surface area contributed by atoms with Crippen LogP contribution in [0.2, 0.25) is 0 Å². The molecular formula is C14H23NO. The number of aryl methyl sites for hydroxylation is 3. The molecule has 1 aromatic rings. The molecule has 0 bridgehead atoms. The Kier molecular flexibility index (Phi) is 4.97. The molecule has 1 aromatic carbocycles. The van der Waals surface area contributed by atoms with Crippen molar-refractivity contribution >= 4 is 0 Å². The Morgan fingerprint density at radius 3 is 2.38 bits per heavy atom. The van der Waals surface area contributed by atoms with Gasteiger partial charge >= 0.3 is 0 Å². The van der Waals surface area contributed by atoms with E-state index in [2.05, 4.69) is 38.2 Å². The third kappa shape index (κ3) is 3.62. The van der Waals surface area contributed by atoms with E-state index in [1.165, 1.54) is 22.3 Å². The molecule has 0 aliphatic heterocycles. The summed E-state index contributed by atoms with van der Waals surface area (Å²) in [4.78, 5) is 0. The van der Waals surface area contributed by atoms with E-state index >= 15 is 0 Å². The average Bonchev–Trinajstić information content (AvgIpc) is 2.25. The predicted octanol–water partition coefficient (Wildman–Crippen LogP) is 2.33. The van der Waals surface area contributed by atoms with Crippen LogP contribution < -0.4 is 5.32 Å². The molecule has 0 aliphatic rings. The van der Waals surface area contributed by atoms with Gasteiger partial charge in [-0.1, -0.05) is 19.1 Å². The second kappa shape index (κ2) is 6.02. The minimum atomic E-state index is 0.249. The number of aliphatic hydroxyl groups excluding tert-OH is 1. The first-order valence-corrected chi connectivity index (χ1v) is 5.93. The second-order valence-electron chi connectivity index (χ2n) is 4.78. The topological polar surface area (TPSA) is 32.3 Å². The van der Waals surface area contributed by atoms with Crippen molar-refractivity contribution in [1.29, 1.82) is 0 Å². The van der Waals surface area contributed by atoms with E-state index in [9.17, 15) is 0 Å². The Bertz CT molecular complexity index is 347. The summed E-state index contributed by atoms with van der Waals surface area (Å²) >= 11 is 0. The molecule has 0 saturated heterocycles. The normalized spacial score (nSPS) is 12.8. The van der Waals surface area contributed by atoms with Gasteiger partial charge in [-0.3, -0.25) is 0 Å². The maximum atomic E-state index is 8.93. The molecule has 0 aromatic heterocycles. The smallest absolute Gasteiger partial charge is 0.0468 e. The van der Waals surface area contributed by atoms with E-state index in [1.807, 2.05) is 6.92 Å². The van der Waals surface area contributed by atoms with Gasteiger partial charge in [0.15, 0.2) is 0 Å². The van der Waals surface area contributed by atoms with Crippen LogP contribution in [0.3, 0.4) is 0 Å². The highest BCUT2D eigenvalue weighted by Crippen LogP contribution is 2.15. The third-order valence-electron chi connectivity index (χ3n) is 3.07. The lowest BCUT2D eigenvalue weighted by molar-refractivity contribution is 0.233. The fourth-order valence-corrected chi connectivity index (χ4v) is 1.73. The lowest BCUT2D eigenvalue weighted by Crippen LogP contribution is -2.23. The minimum Gasteiger partial charge on any atom is -0.396 e. The van der Waals surface area contributed by atoms with Crippen molar-refractivity contribution in [3.63, 3.8) is 0 Å². The van der Waals surface area contributed by atoms with Gasteiger partial charge in [-0.15, -0.1) is 0 Å². The SMILES string of the molecule is Cc1cc(C)c(CNCC(C)CO)cc1C. The maximum Gasteiger partial charge on any atom is 0.0468 e. The molecule has 1 rings (SSSR count). The summed E-state index contributed by atoms with van der Waals surface area (Å²) in [7, 11) is 0. The van der Waals surface area contributed by atoms with Crippen LogP contribution in [0.25, 0.3) is 0 Å². The van der Waals surface area contributed by atoms with E-state index in [1.54, 1.807) is 0 Å². The van der Waals surface area contributed by atoms with Gasteiger partial charge in [0.2, 0.25) is 0 Å². The van der Waals surface area contributed by atoms with Crippen LogP contribution in [0.1, 0.15) is 29.2 Å². The van der Waals surface area contributed by atoms with Crippen LogP contribution in [0, 0.1) is 26.7 Å². The summed E-state index contributed by atoms with van der Waals surface area (Å²) in [5, 5.41) is 12.3. The standard InChI is InChI=1S/C14H23NO/c1-10(9-16)7-15-8-14-6-12(3)11(2)5-13(14)4/h5-6,10,15-16H,7-9H2,1-4H3. The molecule has 0 heterocycles. The van der Waals surface area contributed by atoms with Gasteiger partial charge in [-0.05, 0) is 48.9 Å². The summed E-state index contributed by atoms with van der Waals surface area (Å²) in [5.41, 5.74) is 5.39. The summed E-state index contributed by atoms with van der Waals surface area (Å²) in [5.74, 6) is 0.326. The third-order valence-corrected chi connectivity index (χ3v) is 3.07. The van der Waals surface area contributed by atoms with E-state index in [4.69, 9.17) is 5.11 Å². The highest BCUT2D eigenvalue weighted by molar-refractivity contribution is 5.36. The van der Waals surface area contributed by atoms with Gasteiger partial charge in [-0.25, -0.2) is 0 Å². The Labute approximate surface area is 98.7 Å². The molecule has 0 amide bonds.